The van der Waals surface area contributed by atoms with Crippen molar-refractivity contribution in [2.75, 3.05) is 7.11 Å². The summed E-state index contributed by atoms with van der Waals surface area (Å²) in [5.74, 6) is 0.644. The Kier molecular flexibility index (Phi) is 3.01. The van der Waals surface area contributed by atoms with E-state index < -0.39 is 0 Å². The van der Waals surface area contributed by atoms with Gasteiger partial charge in [0.05, 0.1) is 6.10 Å². The minimum Gasteiger partial charge on any atom is -0.381 e. The monoisotopic (exact) mass is 102 g/mol. The first-order valence-electron chi connectivity index (χ1n) is 2.71. The SMILES string of the molecule is COC(C)C(C)C. The third-order valence-electron chi connectivity index (χ3n) is 1.31. The molecule has 0 radical (unpaired) electrons. The second-order valence-corrected chi connectivity index (χ2v) is 2.18. The summed E-state index contributed by atoms with van der Waals surface area (Å²) in [7, 11) is 1.74. The van der Waals surface area contributed by atoms with Gasteiger partial charge >= 0.3 is 0 Å². The van der Waals surface area contributed by atoms with Gasteiger partial charge in [0.15, 0.2) is 0 Å². The molecule has 0 saturated heterocycles. The summed E-state index contributed by atoms with van der Waals surface area (Å²) in [6.45, 7) is 6.37. The molecule has 0 bridgehead atoms. The fraction of sp³-hybridized carbons (Fsp3) is 1.00. The van der Waals surface area contributed by atoms with Crippen LogP contribution in [-0.4, -0.2) is 13.2 Å². The van der Waals surface area contributed by atoms with Crippen molar-refractivity contribution >= 4 is 0 Å². The summed E-state index contributed by atoms with van der Waals surface area (Å²) in [5.41, 5.74) is 0. The molecular weight excluding hydrogens is 88.1 g/mol. The summed E-state index contributed by atoms with van der Waals surface area (Å²) in [6, 6.07) is 0. The van der Waals surface area contributed by atoms with E-state index in [1.165, 1.54) is 0 Å². The Hall–Kier alpha value is -0.0400. The lowest BCUT2D eigenvalue weighted by Gasteiger charge is -2.11. The molecule has 0 aromatic carbocycles. The Morgan fingerprint density at radius 1 is 1.14 bits per heavy atom. The van der Waals surface area contributed by atoms with Gasteiger partial charge in [-0.2, -0.15) is 0 Å². The maximum absolute atomic E-state index is 5.01. The highest BCUT2D eigenvalue weighted by atomic mass is 16.5. The molecule has 1 atom stereocenters. The zero-order chi connectivity index (χ0) is 5.86. The highest BCUT2D eigenvalue weighted by Gasteiger charge is 2.01. The standard InChI is InChI=1S/C6H14O/c1-5(2)6(3)7-4/h5-6H,1-4H3. The van der Waals surface area contributed by atoms with Gasteiger partial charge in [-0.15, -0.1) is 0 Å². The van der Waals surface area contributed by atoms with Gasteiger partial charge in [-0.3, -0.25) is 0 Å². The van der Waals surface area contributed by atoms with Crippen molar-refractivity contribution in [1.82, 2.24) is 0 Å². The summed E-state index contributed by atoms with van der Waals surface area (Å²) in [5, 5.41) is 0. The van der Waals surface area contributed by atoms with Crippen LogP contribution in [-0.2, 0) is 4.74 Å². The maximum atomic E-state index is 5.01. The smallest absolute Gasteiger partial charge is 0.0566 e. The van der Waals surface area contributed by atoms with Gasteiger partial charge in [0.25, 0.3) is 0 Å². The number of rotatable bonds is 2. The van der Waals surface area contributed by atoms with Crippen LogP contribution in [0.3, 0.4) is 0 Å². The minimum atomic E-state index is 0.403. The number of ether oxygens (including phenoxy) is 1. The molecule has 1 unspecified atom stereocenters. The molecule has 7 heavy (non-hydrogen) atoms. The fourth-order valence-electron chi connectivity index (χ4n) is 0.272. The second kappa shape index (κ2) is 3.03. The molecule has 0 rings (SSSR count). The van der Waals surface area contributed by atoms with Crippen molar-refractivity contribution in [2.24, 2.45) is 5.92 Å². The predicted octanol–water partition coefficient (Wildman–Crippen LogP) is 1.68. The maximum Gasteiger partial charge on any atom is 0.0566 e. The van der Waals surface area contributed by atoms with Crippen LogP contribution < -0.4 is 0 Å². The van der Waals surface area contributed by atoms with E-state index in [1.807, 2.05) is 0 Å². The van der Waals surface area contributed by atoms with Crippen molar-refractivity contribution in [3.8, 4) is 0 Å². The summed E-state index contributed by atoms with van der Waals surface area (Å²) < 4.78 is 5.01. The first kappa shape index (κ1) is 6.96. The Morgan fingerprint density at radius 2 is 1.57 bits per heavy atom. The lowest BCUT2D eigenvalue weighted by Crippen LogP contribution is -2.11. The Labute approximate surface area is 45.7 Å². The topological polar surface area (TPSA) is 9.23 Å². The van der Waals surface area contributed by atoms with E-state index >= 15 is 0 Å². The van der Waals surface area contributed by atoms with E-state index in [4.69, 9.17) is 4.74 Å². The van der Waals surface area contributed by atoms with Gasteiger partial charge in [-0.25, -0.2) is 0 Å². The van der Waals surface area contributed by atoms with Crippen molar-refractivity contribution in [2.45, 2.75) is 26.9 Å². The highest BCUT2D eigenvalue weighted by Crippen LogP contribution is 2.01. The molecular formula is C6H14O. The average molecular weight is 102 g/mol. The third-order valence-corrected chi connectivity index (χ3v) is 1.31. The van der Waals surface area contributed by atoms with Crippen LogP contribution in [0.4, 0.5) is 0 Å². The van der Waals surface area contributed by atoms with Gasteiger partial charge in [-0.1, -0.05) is 13.8 Å². The van der Waals surface area contributed by atoms with E-state index in [-0.39, 0.29) is 0 Å². The van der Waals surface area contributed by atoms with Gasteiger partial charge in [0.2, 0.25) is 0 Å². The fourth-order valence-corrected chi connectivity index (χ4v) is 0.272. The number of hydrogen-bond donors (Lipinski definition) is 0. The van der Waals surface area contributed by atoms with Gasteiger partial charge in [-0.05, 0) is 12.8 Å². The third kappa shape index (κ3) is 2.63. The number of methoxy groups -OCH3 is 1. The molecule has 0 amide bonds. The molecule has 0 aliphatic rings. The average Bonchev–Trinajstić information content (AvgIpc) is 1.65. The molecule has 0 heterocycles. The molecule has 0 aliphatic carbocycles. The largest absolute Gasteiger partial charge is 0.381 e. The zero-order valence-electron chi connectivity index (χ0n) is 5.56. The Morgan fingerprint density at radius 3 is 1.57 bits per heavy atom. The number of hydrogen-bond acceptors (Lipinski definition) is 1. The van der Waals surface area contributed by atoms with E-state index in [0.717, 1.165) is 0 Å². The molecule has 1 heteroatoms. The van der Waals surface area contributed by atoms with Gasteiger partial charge < -0.3 is 4.74 Å². The van der Waals surface area contributed by atoms with Crippen LogP contribution >= 0.6 is 0 Å². The van der Waals surface area contributed by atoms with Crippen LogP contribution in [0.25, 0.3) is 0 Å². The predicted molar refractivity (Wildman–Crippen MR) is 31.3 cm³/mol. The van der Waals surface area contributed by atoms with E-state index in [9.17, 15) is 0 Å². The molecule has 0 fully saturated rings. The van der Waals surface area contributed by atoms with Crippen LogP contribution in [0.15, 0.2) is 0 Å². The lowest BCUT2D eigenvalue weighted by molar-refractivity contribution is 0.0805. The van der Waals surface area contributed by atoms with Crippen LogP contribution in [0.1, 0.15) is 20.8 Å². The quantitative estimate of drug-likeness (QED) is 0.515. The van der Waals surface area contributed by atoms with Crippen LogP contribution in [0.5, 0.6) is 0 Å². The van der Waals surface area contributed by atoms with Gasteiger partial charge in [0.1, 0.15) is 0 Å². The van der Waals surface area contributed by atoms with Crippen molar-refractivity contribution in [3.05, 3.63) is 0 Å². The zero-order valence-corrected chi connectivity index (χ0v) is 5.56. The van der Waals surface area contributed by atoms with Crippen molar-refractivity contribution < 1.29 is 4.74 Å². The van der Waals surface area contributed by atoms with Crippen molar-refractivity contribution in [3.63, 3.8) is 0 Å². The van der Waals surface area contributed by atoms with E-state index in [2.05, 4.69) is 20.8 Å². The van der Waals surface area contributed by atoms with E-state index in [1.54, 1.807) is 7.11 Å². The molecule has 0 aliphatic heterocycles. The summed E-state index contributed by atoms with van der Waals surface area (Å²) in [4.78, 5) is 0. The normalized spacial score (nSPS) is 15.0. The first-order valence-corrected chi connectivity index (χ1v) is 2.71. The van der Waals surface area contributed by atoms with E-state index in [0.29, 0.717) is 12.0 Å². The first-order chi connectivity index (χ1) is 3.18. The highest BCUT2D eigenvalue weighted by molar-refractivity contribution is 4.51. The summed E-state index contributed by atoms with van der Waals surface area (Å²) in [6.07, 6.45) is 0.403. The second-order valence-electron chi connectivity index (χ2n) is 2.18. The van der Waals surface area contributed by atoms with Crippen LogP contribution in [0.2, 0.25) is 0 Å². The molecule has 0 N–H and O–H groups in total. The minimum absolute atomic E-state index is 0.403. The molecule has 0 aromatic heterocycles. The molecule has 44 valence electrons. The summed E-state index contributed by atoms with van der Waals surface area (Å²) >= 11 is 0. The van der Waals surface area contributed by atoms with Crippen molar-refractivity contribution in [1.29, 1.82) is 0 Å². The molecule has 0 saturated carbocycles. The Bertz CT molecular complexity index is 41.4. The van der Waals surface area contributed by atoms with Gasteiger partial charge in [0, 0.05) is 7.11 Å². The Balaban J connectivity index is 3.14. The molecule has 1 nitrogen and oxygen atoms in total. The molecule has 0 spiro atoms. The van der Waals surface area contributed by atoms with Crippen LogP contribution in [0, 0.1) is 5.92 Å². The lowest BCUT2D eigenvalue weighted by atomic mass is 10.1. The molecule has 0 aromatic rings.